The van der Waals surface area contributed by atoms with Gasteiger partial charge in [-0.15, -0.1) is 0 Å². The summed E-state index contributed by atoms with van der Waals surface area (Å²) in [4.78, 5) is 0. The summed E-state index contributed by atoms with van der Waals surface area (Å²) >= 11 is 0. The SMILES string of the molecule is NC1C=CC=C[C]1F. The molecule has 0 aromatic rings. The average Bonchev–Trinajstić information content (AvgIpc) is 1.77. The van der Waals surface area contributed by atoms with E-state index in [1.807, 2.05) is 0 Å². The maximum absolute atomic E-state index is 12.2. The van der Waals surface area contributed by atoms with E-state index in [-0.39, 0.29) is 6.17 Å². The second-order valence-electron chi connectivity index (χ2n) is 1.65. The van der Waals surface area contributed by atoms with Crippen LogP contribution in [0.4, 0.5) is 4.39 Å². The number of allylic oxidation sites excluding steroid dienone is 2. The molecule has 0 fully saturated rings. The molecule has 1 rings (SSSR count). The second kappa shape index (κ2) is 2.09. The lowest BCUT2D eigenvalue weighted by Gasteiger charge is -2.08. The Morgan fingerprint density at radius 2 is 2.25 bits per heavy atom. The zero-order chi connectivity index (χ0) is 5.98. The number of nitrogens with two attached hydrogens (primary N) is 1. The van der Waals surface area contributed by atoms with E-state index in [2.05, 4.69) is 0 Å². The van der Waals surface area contributed by atoms with Crippen molar-refractivity contribution in [2.75, 3.05) is 0 Å². The fraction of sp³-hybridized carbons (Fsp3) is 0.167. The quantitative estimate of drug-likeness (QED) is 0.496. The Hall–Kier alpha value is -0.630. The van der Waals surface area contributed by atoms with Crippen LogP contribution in [0.3, 0.4) is 0 Å². The molecule has 43 valence electrons. The number of hydrogen-bond acceptors (Lipinski definition) is 1. The molecule has 0 saturated heterocycles. The predicted molar refractivity (Wildman–Crippen MR) is 30.6 cm³/mol. The molecule has 0 heterocycles. The lowest BCUT2D eigenvalue weighted by atomic mass is 10.1. The first kappa shape index (κ1) is 5.51. The van der Waals surface area contributed by atoms with Crippen LogP contribution in [0.2, 0.25) is 0 Å². The van der Waals surface area contributed by atoms with Crippen molar-refractivity contribution in [3.8, 4) is 0 Å². The van der Waals surface area contributed by atoms with E-state index in [1.165, 1.54) is 6.08 Å². The van der Waals surface area contributed by atoms with Crippen molar-refractivity contribution in [1.29, 1.82) is 0 Å². The van der Waals surface area contributed by atoms with Gasteiger partial charge < -0.3 is 5.73 Å². The Labute approximate surface area is 47.7 Å². The molecule has 1 nitrogen and oxygen atoms in total. The molecule has 1 unspecified atom stereocenters. The molecule has 1 aliphatic rings. The molecule has 2 N–H and O–H groups in total. The molecule has 0 aliphatic heterocycles. The zero-order valence-electron chi connectivity index (χ0n) is 4.34. The highest BCUT2D eigenvalue weighted by Gasteiger charge is 2.12. The van der Waals surface area contributed by atoms with E-state index in [9.17, 15) is 4.39 Å². The van der Waals surface area contributed by atoms with Crippen LogP contribution in [0.5, 0.6) is 0 Å². The van der Waals surface area contributed by atoms with Crippen molar-refractivity contribution in [3.63, 3.8) is 0 Å². The molecule has 0 spiro atoms. The predicted octanol–water partition coefficient (Wildman–Crippen LogP) is 0.941. The summed E-state index contributed by atoms with van der Waals surface area (Å²) < 4.78 is 12.2. The second-order valence-corrected chi connectivity index (χ2v) is 1.65. The third-order valence-corrected chi connectivity index (χ3v) is 1.00. The highest BCUT2D eigenvalue weighted by molar-refractivity contribution is 5.25. The van der Waals surface area contributed by atoms with E-state index in [0.717, 1.165) is 0 Å². The minimum atomic E-state index is -0.514. The fourth-order valence-corrected chi connectivity index (χ4v) is 0.534. The van der Waals surface area contributed by atoms with Gasteiger partial charge in [-0.1, -0.05) is 18.2 Å². The van der Waals surface area contributed by atoms with Crippen LogP contribution in [0, 0.1) is 6.17 Å². The van der Waals surface area contributed by atoms with E-state index in [4.69, 9.17) is 5.73 Å². The summed E-state index contributed by atoms with van der Waals surface area (Å²) in [5.74, 6) is 0. The molecular formula is C6H7FN. The molecule has 0 aromatic carbocycles. The number of hydrogen-bond donors (Lipinski definition) is 1. The molecule has 1 aliphatic carbocycles. The fourth-order valence-electron chi connectivity index (χ4n) is 0.534. The zero-order valence-corrected chi connectivity index (χ0v) is 4.34. The van der Waals surface area contributed by atoms with Crippen LogP contribution in [0.25, 0.3) is 0 Å². The Morgan fingerprint density at radius 1 is 1.50 bits per heavy atom. The normalized spacial score (nSPS) is 29.0. The first-order valence-electron chi connectivity index (χ1n) is 2.43. The molecular weight excluding hydrogens is 105 g/mol. The maximum atomic E-state index is 12.2. The van der Waals surface area contributed by atoms with Gasteiger partial charge in [0, 0.05) is 0 Å². The van der Waals surface area contributed by atoms with Crippen molar-refractivity contribution in [2.45, 2.75) is 6.04 Å². The van der Waals surface area contributed by atoms with Gasteiger partial charge in [0.25, 0.3) is 0 Å². The molecule has 0 aromatic heterocycles. The molecule has 1 radical (unpaired) electrons. The standard InChI is InChI=1S/C6H7FN/c7-5-3-1-2-4-6(5)8/h1-4,6H,8H2. The first-order chi connectivity index (χ1) is 3.80. The van der Waals surface area contributed by atoms with Crippen molar-refractivity contribution >= 4 is 0 Å². The third kappa shape index (κ3) is 0.954. The Balaban J connectivity index is 2.59. The summed E-state index contributed by atoms with van der Waals surface area (Å²) in [6.45, 7) is 0. The van der Waals surface area contributed by atoms with E-state index in [1.54, 1.807) is 18.2 Å². The van der Waals surface area contributed by atoms with Gasteiger partial charge in [0.15, 0.2) is 6.17 Å². The summed E-state index contributed by atoms with van der Waals surface area (Å²) in [5, 5.41) is 0. The summed E-state index contributed by atoms with van der Waals surface area (Å²) in [7, 11) is 0. The molecule has 0 saturated carbocycles. The first-order valence-corrected chi connectivity index (χ1v) is 2.43. The summed E-state index contributed by atoms with van der Waals surface area (Å²) in [5.41, 5.74) is 5.23. The smallest absolute Gasteiger partial charge is 0.187 e. The maximum Gasteiger partial charge on any atom is 0.187 e. The minimum Gasteiger partial charge on any atom is -0.321 e. The Bertz CT molecular complexity index is 112. The lowest BCUT2D eigenvalue weighted by molar-refractivity contribution is 0.494. The average molecular weight is 112 g/mol. The summed E-state index contributed by atoms with van der Waals surface area (Å²) in [6.07, 6.45) is 6.06. The van der Waals surface area contributed by atoms with Crippen LogP contribution < -0.4 is 5.73 Å². The van der Waals surface area contributed by atoms with Crippen molar-refractivity contribution in [1.82, 2.24) is 0 Å². The molecule has 1 atom stereocenters. The van der Waals surface area contributed by atoms with Gasteiger partial charge in [-0.25, -0.2) is 4.39 Å². The molecule has 8 heavy (non-hydrogen) atoms. The largest absolute Gasteiger partial charge is 0.321 e. The van der Waals surface area contributed by atoms with Crippen molar-refractivity contribution < 1.29 is 4.39 Å². The Morgan fingerprint density at radius 3 is 2.62 bits per heavy atom. The van der Waals surface area contributed by atoms with Crippen LogP contribution in [0.15, 0.2) is 24.3 Å². The van der Waals surface area contributed by atoms with Gasteiger partial charge in [0.1, 0.15) is 0 Å². The number of halogens is 1. The van der Waals surface area contributed by atoms with Crippen molar-refractivity contribution in [3.05, 3.63) is 30.5 Å². The van der Waals surface area contributed by atoms with Crippen LogP contribution >= 0.6 is 0 Å². The van der Waals surface area contributed by atoms with Gasteiger partial charge in [0.05, 0.1) is 6.04 Å². The third-order valence-electron chi connectivity index (χ3n) is 1.00. The van der Waals surface area contributed by atoms with Gasteiger partial charge in [-0.2, -0.15) is 0 Å². The van der Waals surface area contributed by atoms with E-state index < -0.39 is 6.04 Å². The van der Waals surface area contributed by atoms with Crippen molar-refractivity contribution in [2.24, 2.45) is 5.73 Å². The number of rotatable bonds is 0. The lowest BCUT2D eigenvalue weighted by Crippen LogP contribution is -2.22. The van der Waals surface area contributed by atoms with E-state index in [0.29, 0.717) is 0 Å². The topological polar surface area (TPSA) is 26.0 Å². The highest BCUT2D eigenvalue weighted by atomic mass is 19.1. The van der Waals surface area contributed by atoms with Gasteiger partial charge in [-0.3, -0.25) is 0 Å². The van der Waals surface area contributed by atoms with Crippen LogP contribution in [0.1, 0.15) is 0 Å². The minimum absolute atomic E-state index is 0.271. The van der Waals surface area contributed by atoms with Gasteiger partial charge in [-0.05, 0) is 6.08 Å². The van der Waals surface area contributed by atoms with Crippen LogP contribution in [-0.2, 0) is 0 Å². The van der Waals surface area contributed by atoms with Crippen LogP contribution in [-0.4, -0.2) is 6.04 Å². The Kier molecular flexibility index (Phi) is 1.44. The molecule has 0 bridgehead atoms. The summed E-state index contributed by atoms with van der Waals surface area (Å²) in [6, 6.07) is -0.514. The van der Waals surface area contributed by atoms with Gasteiger partial charge >= 0.3 is 0 Å². The monoisotopic (exact) mass is 112 g/mol. The van der Waals surface area contributed by atoms with E-state index >= 15 is 0 Å². The van der Waals surface area contributed by atoms with Gasteiger partial charge in [0.2, 0.25) is 0 Å². The highest BCUT2D eigenvalue weighted by Crippen LogP contribution is 2.12. The molecule has 0 amide bonds. The molecule has 2 heteroatoms.